The summed E-state index contributed by atoms with van der Waals surface area (Å²) >= 11 is 0. The van der Waals surface area contributed by atoms with Crippen molar-refractivity contribution in [2.45, 2.75) is 30.1 Å². The molecular formula is C35H38N6O7. The summed E-state index contributed by atoms with van der Waals surface area (Å²) in [6.45, 7) is -0.0382. The van der Waals surface area contributed by atoms with Crippen molar-refractivity contribution in [3.63, 3.8) is 0 Å². The molecule has 0 unspecified atom stereocenters. The average molecular weight is 655 g/mol. The molecule has 2 aromatic heterocycles. The average Bonchev–Trinajstić information content (AvgIpc) is 3.68. The maximum atomic E-state index is 12.8. The van der Waals surface area contributed by atoms with Gasteiger partial charge in [-0.05, 0) is 41.0 Å². The molecule has 1 saturated heterocycles. The van der Waals surface area contributed by atoms with Gasteiger partial charge in [-0.25, -0.2) is 9.98 Å². The van der Waals surface area contributed by atoms with Crippen LogP contribution in [0.3, 0.4) is 0 Å². The number of aliphatic hydroxyl groups is 1. The lowest BCUT2D eigenvalue weighted by Crippen LogP contribution is -2.40. The number of ether oxygens (including phenoxy) is 5. The zero-order valence-corrected chi connectivity index (χ0v) is 27.3. The standard InChI is InChI=1S/C35H38N6O7/c1-40(2)20-37-34-38-31-28(32(43)39-34)36-21-41(31)33-30(46-5)29(42)27(48-33)19-47-35(22-9-7-6-8-10-22,23-11-15-25(44-3)16-12-23)24-13-17-26(45-4)18-14-24/h6-18,20-21,27,29-30,33,42H,19H2,1-5H3,(H,38,39,43)/b37-20+/t27-,29-,30-,33-/m1/s1. The third-order valence-corrected chi connectivity index (χ3v) is 8.33. The lowest BCUT2D eigenvalue weighted by molar-refractivity contribution is -0.0948. The minimum absolute atomic E-state index is 0.0382. The van der Waals surface area contributed by atoms with Crippen LogP contribution in [0.1, 0.15) is 22.9 Å². The summed E-state index contributed by atoms with van der Waals surface area (Å²) in [6.07, 6.45) is -0.690. The minimum atomic E-state index is -1.13. The van der Waals surface area contributed by atoms with Crippen molar-refractivity contribution in [2.75, 3.05) is 42.0 Å². The molecule has 0 spiro atoms. The highest BCUT2D eigenvalue weighted by atomic mass is 16.6. The number of hydrogen-bond acceptors (Lipinski definition) is 10. The summed E-state index contributed by atoms with van der Waals surface area (Å²) in [5, 5.41) is 11.6. The van der Waals surface area contributed by atoms with Crippen LogP contribution in [-0.2, 0) is 19.8 Å². The van der Waals surface area contributed by atoms with Crippen LogP contribution in [-0.4, -0.2) is 96.2 Å². The van der Waals surface area contributed by atoms with E-state index in [1.54, 1.807) is 37.8 Å². The number of nitrogens with zero attached hydrogens (tertiary/aromatic N) is 5. The fourth-order valence-corrected chi connectivity index (χ4v) is 5.95. The van der Waals surface area contributed by atoms with Gasteiger partial charge in [0.2, 0.25) is 5.95 Å². The van der Waals surface area contributed by atoms with Crippen molar-refractivity contribution < 1.29 is 28.8 Å². The number of H-pyrrole nitrogens is 1. The highest BCUT2D eigenvalue weighted by Crippen LogP contribution is 2.43. The Hall–Kier alpha value is -5.08. The molecular weight excluding hydrogens is 616 g/mol. The summed E-state index contributed by atoms with van der Waals surface area (Å²) in [7, 11) is 8.34. The van der Waals surface area contributed by atoms with E-state index in [0.717, 1.165) is 16.7 Å². The number of fused-ring (bicyclic) bond motifs is 1. The Balaban J connectivity index is 1.39. The molecule has 5 aromatic rings. The third kappa shape index (κ3) is 6.16. The smallest absolute Gasteiger partial charge is 0.280 e. The van der Waals surface area contributed by atoms with Gasteiger partial charge < -0.3 is 33.7 Å². The second-order valence-corrected chi connectivity index (χ2v) is 11.5. The predicted octanol–water partition coefficient (Wildman–Crippen LogP) is 3.64. The number of benzene rings is 3. The number of methoxy groups -OCH3 is 3. The van der Waals surface area contributed by atoms with Gasteiger partial charge in [0.15, 0.2) is 17.4 Å². The first-order chi connectivity index (χ1) is 23.3. The molecule has 1 fully saturated rings. The van der Waals surface area contributed by atoms with Gasteiger partial charge in [0.25, 0.3) is 5.56 Å². The predicted molar refractivity (Wildman–Crippen MR) is 179 cm³/mol. The molecule has 0 amide bonds. The van der Waals surface area contributed by atoms with Crippen molar-refractivity contribution in [1.29, 1.82) is 0 Å². The van der Waals surface area contributed by atoms with E-state index >= 15 is 0 Å². The topological polar surface area (TPSA) is 146 Å². The van der Waals surface area contributed by atoms with E-state index in [0.29, 0.717) is 11.5 Å². The molecule has 48 heavy (non-hydrogen) atoms. The van der Waals surface area contributed by atoms with Crippen molar-refractivity contribution >= 4 is 23.5 Å². The highest BCUT2D eigenvalue weighted by Gasteiger charge is 2.48. The van der Waals surface area contributed by atoms with Gasteiger partial charge in [0.05, 0.1) is 33.5 Å². The van der Waals surface area contributed by atoms with Crippen LogP contribution < -0.4 is 15.0 Å². The summed E-state index contributed by atoms with van der Waals surface area (Å²) in [4.78, 5) is 30.2. The molecule has 13 heteroatoms. The molecule has 13 nitrogen and oxygen atoms in total. The van der Waals surface area contributed by atoms with Crippen molar-refractivity contribution in [3.8, 4) is 11.5 Å². The summed E-state index contributed by atoms with van der Waals surface area (Å²) in [5.74, 6) is 1.50. The molecule has 3 aromatic carbocycles. The van der Waals surface area contributed by atoms with Crippen molar-refractivity contribution in [1.82, 2.24) is 24.4 Å². The van der Waals surface area contributed by atoms with Crippen LogP contribution in [0.4, 0.5) is 5.95 Å². The van der Waals surface area contributed by atoms with Crippen LogP contribution in [0, 0.1) is 0 Å². The Morgan fingerprint density at radius 2 is 1.56 bits per heavy atom. The van der Waals surface area contributed by atoms with Crippen LogP contribution >= 0.6 is 0 Å². The number of aromatic amines is 1. The Morgan fingerprint density at radius 1 is 0.958 bits per heavy atom. The number of rotatable bonds is 12. The zero-order valence-electron chi connectivity index (χ0n) is 27.3. The van der Waals surface area contributed by atoms with E-state index < -0.39 is 35.7 Å². The van der Waals surface area contributed by atoms with Gasteiger partial charge in [-0.2, -0.15) is 4.98 Å². The molecule has 1 aliphatic rings. The number of nitrogens with one attached hydrogen (secondary N) is 1. The largest absolute Gasteiger partial charge is 0.497 e. The van der Waals surface area contributed by atoms with Gasteiger partial charge in [-0.3, -0.25) is 14.3 Å². The Morgan fingerprint density at radius 3 is 2.12 bits per heavy atom. The second kappa shape index (κ2) is 14.0. The van der Waals surface area contributed by atoms with Crippen LogP contribution in [0.5, 0.6) is 11.5 Å². The molecule has 0 saturated carbocycles. The normalized spacial score (nSPS) is 19.6. The van der Waals surface area contributed by atoms with Gasteiger partial charge in [0, 0.05) is 21.2 Å². The Bertz CT molecular complexity index is 1860. The summed E-state index contributed by atoms with van der Waals surface area (Å²) in [6, 6.07) is 25.2. The Kier molecular flexibility index (Phi) is 9.55. The van der Waals surface area contributed by atoms with Gasteiger partial charge in [-0.1, -0.05) is 54.6 Å². The molecule has 0 aliphatic carbocycles. The molecule has 0 radical (unpaired) electrons. The van der Waals surface area contributed by atoms with E-state index in [1.807, 2.05) is 78.9 Å². The third-order valence-electron chi connectivity index (χ3n) is 8.33. The van der Waals surface area contributed by atoms with Gasteiger partial charge in [-0.15, -0.1) is 0 Å². The first-order valence-electron chi connectivity index (χ1n) is 15.3. The fraction of sp³-hybridized carbons (Fsp3) is 0.314. The number of aliphatic hydroxyl groups excluding tert-OH is 1. The lowest BCUT2D eigenvalue weighted by Gasteiger charge is -2.37. The summed E-state index contributed by atoms with van der Waals surface area (Å²) < 4.78 is 31.7. The van der Waals surface area contributed by atoms with E-state index in [4.69, 9.17) is 23.7 Å². The van der Waals surface area contributed by atoms with Gasteiger partial charge >= 0.3 is 0 Å². The Labute approximate surface area is 277 Å². The van der Waals surface area contributed by atoms with E-state index in [2.05, 4.69) is 19.9 Å². The lowest BCUT2D eigenvalue weighted by atomic mass is 9.80. The SMILES string of the molecule is COc1ccc(C(OC[C@H]2O[C@@H](n3cnc4c(=O)[nH]c(/N=C/N(C)C)nc43)[C@H](OC)[C@@H]2O)(c2ccccc2)c2ccc(OC)cc2)cc1. The number of aromatic nitrogens is 4. The first kappa shape index (κ1) is 32.8. The van der Waals surface area contributed by atoms with Crippen LogP contribution in [0.25, 0.3) is 11.2 Å². The highest BCUT2D eigenvalue weighted by molar-refractivity contribution is 5.71. The molecule has 2 N–H and O–H groups in total. The minimum Gasteiger partial charge on any atom is -0.497 e. The molecule has 250 valence electrons. The van der Waals surface area contributed by atoms with E-state index in [9.17, 15) is 9.90 Å². The van der Waals surface area contributed by atoms with E-state index in [1.165, 1.54) is 19.8 Å². The molecule has 3 heterocycles. The molecule has 0 bridgehead atoms. The fourth-order valence-electron chi connectivity index (χ4n) is 5.95. The molecule has 1 aliphatic heterocycles. The monoisotopic (exact) mass is 654 g/mol. The van der Waals surface area contributed by atoms with Crippen LogP contribution in [0.15, 0.2) is 95.0 Å². The van der Waals surface area contributed by atoms with Crippen molar-refractivity contribution in [3.05, 3.63) is 112 Å². The number of aliphatic imine (C=N–C) groups is 1. The quantitative estimate of drug-likeness (QED) is 0.116. The maximum Gasteiger partial charge on any atom is 0.280 e. The van der Waals surface area contributed by atoms with E-state index in [-0.39, 0.29) is 23.7 Å². The first-order valence-corrected chi connectivity index (χ1v) is 15.3. The number of imidazole rings is 1. The molecule has 4 atom stereocenters. The van der Waals surface area contributed by atoms with Crippen molar-refractivity contribution in [2.24, 2.45) is 4.99 Å². The second-order valence-electron chi connectivity index (χ2n) is 11.5. The zero-order chi connectivity index (χ0) is 33.8. The maximum absolute atomic E-state index is 12.8. The molecule has 6 rings (SSSR count). The summed E-state index contributed by atoms with van der Waals surface area (Å²) in [5.41, 5.74) is 1.29. The van der Waals surface area contributed by atoms with Crippen LogP contribution in [0.2, 0.25) is 0 Å². The number of hydrogen-bond donors (Lipinski definition) is 2. The van der Waals surface area contributed by atoms with Gasteiger partial charge in [0.1, 0.15) is 35.4 Å².